The van der Waals surface area contributed by atoms with E-state index in [1.807, 2.05) is 11.8 Å². The number of carbonyl (C=O) groups is 1. The summed E-state index contributed by atoms with van der Waals surface area (Å²) in [6.45, 7) is 2.27. The number of carbonyl (C=O) groups excluding carboxylic acids is 1. The van der Waals surface area contributed by atoms with Crippen molar-refractivity contribution in [3.63, 3.8) is 0 Å². The Morgan fingerprint density at radius 1 is 1.25 bits per heavy atom. The second-order valence-corrected chi connectivity index (χ2v) is 7.31. The lowest BCUT2D eigenvalue weighted by molar-refractivity contribution is 0.199. The molecule has 0 spiro atoms. The first-order valence-electron chi connectivity index (χ1n) is 8.46. The first-order valence-corrected chi connectivity index (χ1v) is 9.61. The van der Waals surface area contributed by atoms with Gasteiger partial charge in [0.1, 0.15) is 0 Å². The largest absolute Gasteiger partial charge is 0.396 e. The zero-order valence-electron chi connectivity index (χ0n) is 13.8. The number of thioether (sulfide) groups is 1. The highest BCUT2D eigenvalue weighted by molar-refractivity contribution is 7.98. The molecule has 1 unspecified atom stereocenters. The molecule has 2 amide bonds. The number of amides is 2. The van der Waals surface area contributed by atoms with Crippen LogP contribution >= 0.6 is 11.8 Å². The first kappa shape index (κ1) is 17.1. The highest BCUT2D eigenvalue weighted by Gasteiger charge is 2.25. The van der Waals surface area contributed by atoms with Crippen LogP contribution in [0.25, 0.3) is 10.8 Å². The van der Waals surface area contributed by atoms with Crippen molar-refractivity contribution in [1.82, 2.24) is 10.2 Å². The molecule has 2 aromatic carbocycles. The highest BCUT2D eigenvalue weighted by atomic mass is 32.2. The molecule has 0 radical (unpaired) electrons. The highest BCUT2D eigenvalue weighted by Crippen LogP contribution is 2.22. The second-order valence-electron chi connectivity index (χ2n) is 6.21. The molecule has 1 atom stereocenters. The third-order valence-corrected chi connectivity index (χ3v) is 5.50. The average Bonchev–Trinajstić information content (AvgIpc) is 3.11. The molecule has 1 saturated heterocycles. The van der Waals surface area contributed by atoms with Crippen LogP contribution in [0.5, 0.6) is 0 Å². The molecule has 128 valence electrons. The molecule has 1 aliphatic rings. The summed E-state index contributed by atoms with van der Waals surface area (Å²) in [6, 6.07) is 14.9. The molecule has 3 rings (SSSR count). The number of nitrogens with one attached hydrogen (secondary N) is 1. The number of urea groups is 1. The minimum absolute atomic E-state index is 0.00305. The van der Waals surface area contributed by atoms with Crippen LogP contribution in [0.3, 0.4) is 0 Å². The zero-order chi connectivity index (χ0) is 16.8. The third kappa shape index (κ3) is 4.22. The molecule has 1 heterocycles. The number of fused-ring (bicyclic) bond motifs is 1. The van der Waals surface area contributed by atoms with Crippen LogP contribution in [0.1, 0.15) is 12.0 Å². The molecular formula is C19H24N2O2S. The quantitative estimate of drug-likeness (QED) is 0.792. The van der Waals surface area contributed by atoms with Crippen molar-refractivity contribution in [2.45, 2.75) is 12.2 Å². The molecule has 5 heteroatoms. The Bertz CT molecular complexity index is 687. The summed E-state index contributed by atoms with van der Waals surface area (Å²) in [5.74, 6) is 2.09. The first-order chi connectivity index (χ1) is 11.8. The Labute approximate surface area is 147 Å². The molecule has 0 aromatic heterocycles. The van der Waals surface area contributed by atoms with Crippen LogP contribution in [0.15, 0.2) is 42.5 Å². The van der Waals surface area contributed by atoms with E-state index in [2.05, 4.69) is 47.8 Å². The Morgan fingerprint density at radius 3 is 2.92 bits per heavy atom. The van der Waals surface area contributed by atoms with E-state index in [1.54, 1.807) is 4.90 Å². The van der Waals surface area contributed by atoms with Crippen LogP contribution in [-0.4, -0.2) is 48.0 Å². The van der Waals surface area contributed by atoms with E-state index in [0.717, 1.165) is 24.5 Å². The molecule has 2 N–H and O–H groups in total. The van der Waals surface area contributed by atoms with Crippen LogP contribution in [0, 0.1) is 5.92 Å². The van der Waals surface area contributed by atoms with Gasteiger partial charge in [-0.25, -0.2) is 4.79 Å². The standard InChI is InChI=1S/C19H24N2O2S/c22-13-15-8-10-21(12-15)19(23)20-9-11-24-14-17-6-3-5-16-4-1-2-7-18(16)17/h1-7,15,22H,8-14H2,(H,20,23). The minimum Gasteiger partial charge on any atom is -0.396 e. The smallest absolute Gasteiger partial charge is 0.317 e. The number of nitrogens with zero attached hydrogens (tertiary/aromatic N) is 1. The summed E-state index contributed by atoms with van der Waals surface area (Å²) in [6.07, 6.45) is 0.903. The average molecular weight is 344 g/mol. The van der Waals surface area contributed by atoms with Gasteiger partial charge in [-0.05, 0) is 22.8 Å². The number of aliphatic hydroxyl groups excluding tert-OH is 1. The van der Waals surface area contributed by atoms with Crippen molar-refractivity contribution in [3.8, 4) is 0 Å². The van der Waals surface area contributed by atoms with E-state index >= 15 is 0 Å². The van der Waals surface area contributed by atoms with Gasteiger partial charge >= 0.3 is 6.03 Å². The van der Waals surface area contributed by atoms with Crippen molar-refractivity contribution in [1.29, 1.82) is 0 Å². The maximum absolute atomic E-state index is 12.0. The maximum atomic E-state index is 12.0. The SMILES string of the molecule is O=C(NCCSCc1cccc2ccccc12)N1CCC(CO)C1. The number of hydrogen-bond donors (Lipinski definition) is 2. The topological polar surface area (TPSA) is 52.6 Å². The summed E-state index contributed by atoms with van der Waals surface area (Å²) in [5, 5.41) is 14.7. The fraction of sp³-hybridized carbons (Fsp3) is 0.421. The maximum Gasteiger partial charge on any atom is 0.317 e. The molecule has 1 fully saturated rings. The lowest BCUT2D eigenvalue weighted by Crippen LogP contribution is -2.39. The summed E-state index contributed by atoms with van der Waals surface area (Å²) in [5.41, 5.74) is 1.34. The molecule has 0 aliphatic carbocycles. The fourth-order valence-electron chi connectivity index (χ4n) is 3.11. The van der Waals surface area contributed by atoms with Gasteiger partial charge in [0.15, 0.2) is 0 Å². The van der Waals surface area contributed by atoms with Gasteiger partial charge in [-0.3, -0.25) is 0 Å². The van der Waals surface area contributed by atoms with Crippen molar-refractivity contribution < 1.29 is 9.90 Å². The van der Waals surface area contributed by atoms with Crippen molar-refractivity contribution in [2.75, 3.05) is 32.0 Å². The summed E-state index contributed by atoms with van der Waals surface area (Å²) in [4.78, 5) is 13.8. The summed E-state index contributed by atoms with van der Waals surface area (Å²) >= 11 is 1.84. The third-order valence-electron chi connectivity index (χ3n) is 4.49. The zero-order valence-corrected chi connectivity index (χ0v) is 14.6. The lowest BCUT2D eigenvalue weighted by Gasteiger charge is -2.17. The second kappa shape index (κ2) is 8.40. The normalized spacial score (nSPS) is 17.4. The van der Waals surface area contributed by atoms with Gasteiger partial charge in [-0.2, -0.15) is 11.8 Å². The summed E-state index contributed by atoms with van der Waals surface area (Å²) < 4.78 is 0. The Hall–Kier alpha value is -1.72. The van der Waals surface area contributed by atoms with Gasteiger partial charge in [-0.1, -0.05) is 42.5 Å². The molecule has 0 bridgehead atoms. The molecule has 24 heavy (non-hydrogen) atoms. The van der Waals surface area contributed by atoms with E-state index < -0.39 is 0 Å². The monoisotopic (exact) mass is 344 g/mol. The predicted octanol–water partition coefficient (Wildman–Crippen LogP) is 3.10. The molecule has 4 nitrogen and oxygen atoms in total. The predicted molar refractivity (Wildman–Crippen MR) is 100 cm³/mol. The minimum atomic E-state index is -0.00305. The van der Waals surface area contributed by atoms with Crippen molar-refractivity contribution in [2.24, 2.45) is 5.92 Å². The molecule has 2 aromatic rings. The number of aliphatic hydroxyl groups is 1. The lowest BCUT2D eigenvalue weighted by atomic mass is 10.1. The van der Waals surface area contributed by atoms with E-state index in [-0.39, 0.29) is 18.6 Å². The van der Waals surface area contributed by atoms with E-state index in [9.17, 15) is 4.79 Å². The van der Waals surface area contributed by atoms with Gasteiger partial charge < -0.3 is 15.3 Å². The van der Waals surface area contributed by atoms with Gasteiger partial charge in [0.05, 0.1) is 0 Å². The van der Waals surface area contributed by atoms with Gasteiger partial charge in [0.25, 0.3) is 0 Å². The van der Waals surface area contributed by atoms with Crippen LogP contribution in [0.4, 0.5) is 4.79 Å². The molecular weight excluding hydrogens is 320 g/mol. The fourth-order valence-corrected chi connectivity index (χ4v) is 3.97. The van der Waals surface area contributed by atoms with Crippen molar-refractivity contribution in [3.05, 3.63) is 48.0 Å². The number of likely N-dealkylation sites (tertiary alicyclic amines) is 1. The van der Waals surface area contributed by atoms with Gasteiger partial charge in [-0.15, -0.1) is 0 Å². The van der Waals surface area contributed by atoms with Crippen LogP contribution < -0.4 is 5.32 Å². The Kier molecular flexibility index (Phi) is 5.99. The Morgan fingerprint density at radius 2 is 2.08 bits per heavy atom. The molecule has 0 saturated carbocycles. The van der Waals surface area contributed by atoms with Crippen LogP contribution in [-0.2, 0) is 5.75 Å². The van der Waals surface area contributed by atoms with E-state index in [0.29, 0.717) is 13.1 Å². The Balaban J connectivity index is 1.40. The van der Waals surface area contributed by atoms with Gasteiger partial charge in [0.2, 0.25) is 0 Å². The van der Waals surface area contributed by atoms with Crippen molar-refractivity contribution >= 4 is 28.6 Å². The number of rotatable bonds is 6. The molecule has 1 aliphatic heterocycles. The summed E-state index contributed by atoms with van der Waals surface area (Å²) in [7, 11) is 0. The number of hydrogen-bond acceptors (Lipinski definition) is 3. The number of benzene rings is 2. The van der Waals surface area contributed by atoms with Gasteiger partial charge in [0, 0.05) is 43.7 Å². The van der Waals surface area contributed by atoms with E-state index in [1.165, 1.54) is 16.3 Å². The van der Waals surface area contributed by atoms with E-state index in [4.69, 9.17) is 5.11 Å². The van der Waals surface area contributed by atoms with Crippen LogP contribution in [0.2, 0.25) is 0 Å².